The molecule has 3 N–H and O–H groups in total. The molecular formula is C27H45N3O5. The van der Waals surface area contributed by atoms with Crippen LogP contribution in [0.5, 0.6) is 0 Å². The lowest BCUT2D eigenvalue weighted by Gasteiger charge is -2.34. The number of aryl methyl sites for hydroxylation is 2. The maximum absolute atomic E-state index is 13.7. The SMILES string of the molecule is CCCCCN(C(=O)C(CO)NC(=O)OC(C)(C)C)C(C(=O)NCCCC)c1ccc(C)c(C)c1. The Balaban J connectivity index is 3.38. The number of unbranched alkanes of at least 4 members (excludes halogenated alkanes) is 3. The zero-order chi connectivity index (χ0) is 26.6. The Morgan fingerprint density at radius 1 is 1.03 bits per heavy atom. The smallest absolute Gasteiger partial charge is 0.408 e. The van der Waals surface area contributed by atoms with Crippen LogP contribution in [0.3, 0.4) is 0 Å². The molecule has 0 aliphatic heterocycles. The predicted octanol–water partition coefficient (Wildman–Crippen LogP) is 4.17. The number of nitrogens with zero attached hydrogens (tertiary/aromatic N) is 1. The van der Waals surface area contributed by atoms with Gasteiger partial charge in [0.25, 0.3) is 0 Å². The molecule has 0 fully saturated rings. The van der Waals surface area contributed by atoms with Gasteiger partial charge in [-0.1, -0.05) is 51.3 Å². The molecule has 0 saturated heterocycles. The van der Waals surface area contributed by atoms with E-state index in [0.29, 0.717) is 25.1 Å². The summed E-state index contributed by atoms with van der Waals surface area (Å²) in [6.45, 7) is 13.4. The summed E-state index contributed by atoms with van der Waals surface area (Å²) < 4.78 is 5.27. The first-order chi connectivity index (χ1) is 16.4. The summed E-state index contributed by atoms with van der Waals surface area (Å²) in [5.41, 5.74) is 2.04. The summed E-state index contributed by atoms with van der Waals surface area (Å²) in [5, 5.41) is 15.4. The Bertz CT molecular complexity index is 835. The highest BCUT2D eigenvalue weighted by Gasteiger charge is 2.35. The van der Waals surface area contributed by atoms with Crippen molar-refractivity contribution in [3.63, 3.8) is 0 Å². The first kappa shape index (κ1) is 30.4. The van der Waals surface area contributed by atoms with E-state index in [1.807, 2.05) is 39.0 Å². The second-order valence-electron chi connectivity index (χ2n) is 10.0. The van der Waals surface area contributed by atoms with Gasteiger partial charge in [-0.25, -0.2) is 4.79 Å². The molecule has 0 aliphatic rings. The van der Waals surface area contributed by atoms with Gasteiger partial charge >= 0.3 is 6.09 Å². The predicted molar refractivity (Wildman–Crippen MR) is 138 cm³/mol. The van der Waals surface area contributed by atoms with Crippen LogP contribution in [0.2, 0.25) is 0 Å². The fourth-order valence-corrected chi connectivity index (χ4v) is 3.63. The Kier molecular flexibility index (Phi) is 12.8. The second-order valence-corrected chi connectivity index (χ2v) is 10.0. The van der Waals surface area contributed by atoms with E-state index in [2.05, 4.69) is 17.6 Å². The topological polar surface area (TPSA) is 108 Å². The number of amides is 3. The minimum absolute atomic E-state index is 0.277. The van der Waals surface area contributed by atoms with Crippen LogP contribution in [0.4, 0.5) is 4.79 Å². The van der Waals surface area contributed by atoms with Gasteiger partial charge in [-0.05, 0) is 64.2 Å². The summed E-state index contributed by atoms with van der Waals surface area (Å²) in [5.74, 6) is -0.802. The lowest BCUT2D eigenvalue weighted by Crippen LogP contribution is -2.54. The van der Waals surface area contributed by atoms with Crippen LogP contribution in [-0.2, 0) is 14.3 Å². The van der Waals surface area contributed by atoms with Crippen LogP contribution >= 0.6 is 0 Å². The highest BCUT2D eigenvalue weighted by atomic mass is 16.6. The van der Waals surface area contributed by atoms with Crippen LogP contribution in [-0.4, -0.2) is 59.3 Å². The van der Waals surface area contributed by atoms with Gasteiger partial charge in [-0.15, -0.1) is 0 Å². The molecule has 2 unspecified atom stereocenters. The number of aliphatic hydroxyl groups excluding tert-OH is 1. The van der Waals surface area contributed by atoms with Gasteiger partial charge in [0.2, 0.25) is 11.8 Å². The van der Waals surface area contributed by atoms with Crippen LogP contribution in [0.25, 0.3) is 0 Å². The molecule has 1 aromatic rings. The number of rotatable bonds is 13. The van der Waals surface area contributed by atoms with Crippen molar-refractivity contribution in [3.05, 3.63) is 34.9 Å². The van der Waals surface area contributed by atoms with Crippen LogP contribution in [0, 0.1) is 13.8 Å². The molecule has 8 nitrogen and oxygen atoms in total. The number of carbonyl (C=O) groups is 3. The number of carbonyl (C=O) groups excluding carboxylic acids is 3. The van der Waals surface area contributed by atoms with E-state index >= 15 is 0 Å². The average Bonchev–Trinajstić information content (AvgIpc) is 2.77. The summed E-state index contributed by atoms with van der Waals surface area (Å²) in [6, 6.07) is 3.61. The molecule has 0 aromatic heterocycles. The number of hydrogen-bond donors (Lipinski definition) is 3. The van der Waals surface area contributed by atoms with E-state index < -0.39 is 36.3 Å². The van der Waals surface area contributed by atoms with Crippen molar-refractivity contribution in [2.45, 2.75) is 98.3 Å². The van der Waals surface area contributed by atoms with E-state index in [-0.39, 0.29) is 5.91 Å². The van der Waals surface area contributed by atoms with Gasteiger partial charge in [0, 0.05) is 13.1 Å². The standard InChI is InChI=1S/C27H45N3O5/c1-8-10-12-16-30(25(33)22(18-31)29-26(34)35-27(5,6)7)23(24(32)28-15-11-9-2)21-14-13-19(3)20(4)17-21/h13-14,17,22-23,31H,8-12,15-16,18H2,1-7H3,(H,28,32)(H,29,34). The number of nitrogens with one attached hydrogen (secondary N) is 2. The van der Waals surface area contributed by atoms with Gasteiger partial charge in [-0.2, -0.15) is 0 Å². The third kappa shape index (κ3) is 10.3. The Labute approximate surface area is 210 Å². The molecule has 0 heterocycles. The minimum atomic E-state index is -1.23. The average molecular weight is 492 g/mol. The first-order valence-electron chi connectivity index (χ1n) is 12.7. The maximum Gasteiger partial charge on any atom is 0.408 e. The van der Waals surface area contributed by atoms with Crippen molar-refractivity contribution in [3.8, 4) is 0 Å². The van der Waals surface area contributed by atoms with E-state index in [4.69, 9.17) is 4.74 Å². The van der Waals surface area contributed by atoms with Crippen molar-refractivity contribution in [2.75, 3.05) is 19.7 Å². The molecule has 0 radical (unpaired) electrons. The van der Waals surface area contributed by atoms with Crippen LogP contribution in [0.1, 0.15) is 89.5 Å². The lowest BCUT2D eigenvalue weighted by atomic mass is 9.98. The summed E-state index contributed by atoms with van der Waals surface area (Å²) in [6.07, 6.45) is 3.47. The highest BCUT2D eigenvalue weighted by Crippen LogP contribution is 2.25. The molecule has 3 amide bonds. The van der Waals surface area contributed by atoms with Crippen molar-refractivity contribution < 1.29 is 24.2 Å². The fourth-order valence-electron chi connectivity index (χ4n) is 3.63. The number of benzene rings is 1. The first-order valence-corrected chi connectivity index (χ1v) is 12.7. The Morgan fingerprint density at radius 3 is 2.23 bits per heavy atom. The van der Waals surface area contributed by atoms with Crippen LogP contribution in [0.15, 0.2) is 18.2 Å². The van der Waals surface area contributed by atoms with Crippen molar-refractivity contribution >= 4 is 17.9 Å². The highest BCUT2D eigenvalue weighted by molar-refractivity contribution is 5.92. The number of alkyl carbamates (subject to hydrolysis) is 1. The fraction of sp³-hybridized carbons (Fsp3) is 0.667. The van der Waals surface area contributed by atoms with E-state index in [1.165, 1.54) is 4.90 Å². The molecule has 35 heavy (non-hydrogen) atoms. The number of aliphatic hydroxyl groups is 1. The number of ether oxygens (including phenoxy) is 1. The normalized spacial score (nSPS) is 13.0. The molecule has 198 valence electrons. The zero-order valence-corrected chi connectivity index (χ0v) is 22.6. The van der Waals surface area contributed by atoms with E-state index in [0.717, 1.165) is 36.8 Å². The molecule has 2 atom stereocenters. The molecule has 1 aromatic carbocycles. The third-order valence-electron chi connectivity index (χ3n) is 5.69. The van der Waals surface area contributed by atoms with Gasteiger partial charge < -0.3 is 25.4 Å². The van der Waals surface area contributed by atoms with Crippen molar-refractivity contribution in [1.82, 2.24) is 15.5 Å². The van der Waals surface area contributed by atoms with Gasteiger partial charge in [-0.3, -0.25) is 9.59 Å². The van der Waals surface area contributed by atoms with Gasteiger partial charge in [0.15, 0.2) is 0 Å². The van der Waals surface area contributed by atoms with Crippen molar-refractivity contribution in [2.24, 2.45) is 0 Å². The monoisotopic (exact) mass is 491 g/mol. The van der Waals surface area contributed by atoms with E-state index in [9.17, 15) is 19.5 Å². The molecule has 0 saturated carbocycles. The maximum atomic E-state index is 13.7. The molecule has 1 rings (SSSR count). The third-order valence-corrected chi connectivity index (χ3v) is 5.69. The summed E-state index contributed by atoms with van der Waals surface area (Å²) in [7, 11) is 0. The largest absolute Gasteiger partial charge is 0.444 e. The molecular weight excluding hydrogens is 446 g/mol. The second kappa shape index (κ2) is 14.7. The summed E-state index contributed by atoms with van der Waals surface area (Å²) in [4.78, 5) is 41.0. The zero-order valence-electron chi connectivity index (χ0n) is 22.6. The van der Waals surface area contributed by atoms with Gasteiger partial charge in [0.1, 0.15) is 17.7 Å². The van der Waals surface area contributed by atoms with Crippen molar-refractivity contribution in [1.29, 1.82) is 0 Å². The lowest BCUT2D eigenvalue weighted by molar-refractivity contribution is -0.143. The van der Waals surface area contributed by atoms with Crippen LogP contribution < -0.4 is 10.6 Å². The quantitative estimate of drug-likeness (QED) is 0.359. The molecule has 0 bridgehead atoms. The van der Waals surface area contributed by atoms with E-state index in [1.54, 1.807) is 20.8 Å². The molecule has 8 heteroatoms. The summed E-state index contributed by atoms with van der Waals surface area (Å²) >= 11 is 0. The molecule has 0 aliphatic carbocycles. The Morgan fingerprint density at radius 2 is 1.69 bits per heavy atom. The molecule has 0 spiro atoms. The number of hydrogen-bond acceptors (Lipinski definition) is 5. The van der Waals surface area contributed by atoms with Gasteiger partial charge in [0.05, 0.1) is 6.61 Å². The Hall–Kier alpha value is -2.61. The minimum Gasteiger partial charge on any atom is -0.444 e.